The largest absolute Gasteiger partial charge is 0.870 e. The first kappa shape index (κ1) is 29.2. The van der Waals surface area contributed by atoms with Gasteiger partial charge in [-0.1, -0.05) is 41.5 Å². The molecule has 0 amide bonds. The lowest BCUT2D eigenvalue weighted by molar-refractivity contribution is -0.378. The minimum atomic E-state index is 0. The van der Waals surface area contributed by atoms with Crippen LogP contribution in [0.25, 0.3) is 0 Å². The van der Waals surface area contributed by atoms with Crippen molar-refractivity contribution in [2.24, 2.45) is 0 Å². The maximum Gasteiger partial charge on any atom is 0.170 e. The Kier molecular flexibility index (Phi) is 13.1. The van der Waals surface area contributed by atoms with Crippen molar-refractivity contribution in [3.63, 3.8) is 0 Å². The van der Waals surface area contributed by atoms with Crippen molar-refractivity contribution >= 4 is 5.69 Å². The third-order valence-electron chi connectivity index (χ3n) is 5.36. The Morgan fingerprint density at radius 2 is 1.25 bits per heavy atom. The molecule has 5 heteroatoms. The van der Waals surface area contributed by atoms with Crippen molar-refractivity contribution in [2.75, 3.05) is 5.73 Å². The molecule has 0 aliphatic rings. The van der Waals surface area contributed by atoms with E-state index in [1.165, 1.54) is 27.8 Å². The van der Waals surface area contributed by atoms with E-state index >= 15 is 0 Å². The van der Waals surface area contributed by atoms with Gasteiger partial charge in [0, 0.05) is 30.2 Å². The van der Waals surface area contributed by atoms with Gasteiger partial charge >= 0.3 is 0 Å². The number of aromatic amines is 1. The molecular weight excluding hydrogens is 396 g/mol. The van der Waals surface area contributed by atoms with Gasteiger partial charge in [0.2, 0.25) is 0 Å². The molecule has 176 valence electrons. The van der Waals surface area contributed by atoms with Crippen LogP contribution in [0, 0.1) is 20.8 Å². The number of nitrogens with zero attached hydrogens (tertiary/aromatic N) is 2. The molecule has 3 aromatic rings. The Balaban J connectivity index is 0.000000444. The predicted molar refractivity (Wildman–Crippen MR) is 134 cm³/mol. The van der Waals surface area contributed by atoms with Gasteiger partial charge in [-0.15, -0.1) is 0 Å². The lowest BCUT2D eigenvalue weighted by Crippen LogP contribution is -2.04. The Morgan fingerprint density at radius 3 is 1.66 bits per heavy atom. The van der Waals surface area contributed by atoms with Crippen LogP contribution in [0.2, 0.25) is 0 Å². The molecule has 0 unspecified atom stereocenters. The Hall–Kier alpha value is -2.79. The summed E-state index contributed by atoms with van der Waals surface area (Å²) < 4.78 is 0. The zero-order valence-corrected chi connectivity index (χ0v) is 21.3. The third-order valence-corrected chi connectivity index (χ3v) is 5.36. The lowest BCUT2D eigenvalue weighted by atomic mass is 10.00. The second-order valence-electron chi connectivity index (χ2n) is 8.92. The first-order chi connectivity index (χ1) is 14.6. The van der Waals surface area contributed by atoms with E-state index in [2.05, 4.69) is 88.7 Å². The molecule has 0 radical (unpaired) electrons. The minimum absolute atomic E-state index is 0. The van der Waals surface area contributed by atoms with Crippen molar-refractivity contribution < 1.29 is 10.5 Å². The molecule has 0 bridgehead atoms. The van der Waals surface area contributed by atoms with Crippen molar-refractivity contribution in [3.8, 4) is 0 Å². The first-order valence-electron chi connectivity index (χ1n) is 11.1. The van der Waals surface area contributed by atoms with E-state index in [0.29, 0.717) is 17.8 Å². The number of nitrogens with two attached hydrogens (primary N) is 1. The topological polar surface area (TPSA) is 95.9 Å². The summed E-state index contributed by atoms with van der Waals surface area (Å²) in [6.45, 7) is 19.4. The van der Waals surface area contributed by atoms with Crippen LogP contribution in [0.15, 0.2) is 49.3 Å². The predicted octanol–water partition coefficient (Wildman–Crippen LogP) is 6.36. The van der Waals surface area contributed by atoms with Gasteiger partial charge in [-0.25, -0.2) is 4.98 Å². The summed E-state index contributed by atoms with van der Waals surface area (Å²) in [6, 6.07) is 4.16. The maximum absolute atomic E-state index is 5.70. The summed E-state index contributed by atoms with van der Waals surface area (Å²) >= 11 is 0. The van der Waals surface area contributed by atoms with Gasteiger partial charge in [0.1, 0.15) is 0 Å². The Morgan fingerprint density at radius 1 is 0.719 bits per heavy atom. The molecule has 3 heterocycles. The van der Waals surface area contributed by atoms with E-state index in [9.17, 15) is 0 Å². The van der Waals surface area contributed by atoms with Crippen LogP contribution in [0.1, 0.15) is 92.7 Å². The number of H-pyrrole nitrogens is 1. The van der Waals surface area contributed by atoms with Crippen molar-refractivity contribution in [2.45, 2.75) is 80.1 Å². The molecule has 3 rings (SSSR count). The van der Waals surface area contributed by atoms with Crippen molar-refractivity contribution in [3.05, 3.63) is 82.7 Å². The highest BCUT2D eigenvalue weighted by Gasteiger charge is 2.05. The van der Waals surface area contributed by atoms with Gasteiger partial charge < -0.3 is 11.2 Å². The minimum Gasteiger partial charge on any atom is -0.870 e. The summed E-state index contributed by atoms with van der Waals surface area (Å²) in [5.74, 6) is 1.72. The van der Waals surface area contributed by atoms with E-state index in [4.69, 9.17) is 5.73 Å². The number of rotatable bonds is 3. The van der Waals surface area contributed by atoms with Gasteiger partial charge in [0.05, 0.1) is 11.9 Å². The fourth-order valence-electron chi connectivity index (χ4n) is 3.36. The van der Waals surface area contributed by atoms with Gasteiger partial charge in [0.25, 0.3) is 0 Å². The van der Waals surface area contributed by atoms with Crippen LogP contribution in [-0.4, -0.2) is 15.4 Å². The standard InChI is InChI=1S/C9H14N2.2C9H13N.H2O/c1-6(2)8-4-11-5-9(10)7(8)3;2*1-7(2)9-6-10-5-4-8(9)3;/h4-6H,10H2,1-3H3;2*4-7H,1-3H3;1H2. The Labute approximate surface area is 194 Å². The summed E-state index contributed by atoms with van der Waals surface area (Å²) in [6.07, 6.45) is 11.4. The molecule has 0 atom stereocenters. The number of aromatic nitrogens is 3. The maximum atomic E-state index is 5.70. The highest BCUT2D eigenvalue weighted by molar-refractivity contribution is 5.48. The van der Waals surface area contributed by atoms with E-state index in [-0.39, 0.29) is 5.48 Å². The number of nitrogen functional groups attached to an aromatic ring is 1. The molecular formula is C27H42N4O. The fourth-order valence-corrected chi connectivity index (χ4v) is 3.36. The second-order valence-corrected chi connectivity index (χ2v) is 8.92. The van der Waals surface area contributed by atoms with Crippen LogP contribution in [0.4, 0.5) is 5.69 Å². The number of nitrogens with one attached hydrogen (secondary N) is 1. The fraction of sp³-hybridized carbons (Fsp3) is 0.444. The average Bonchev–Trinajstić information content (AvgIpc) is 2.71. The summed E-state index contributed by atoms with van der Waals surface area (Å²) in [5.41, 5.74) is 14.3. The number of aryl methyl sites for hydroxylation is 2. The van der Waals surface area contributed by atoms with Crippen LogP contribution in [-0.2, 0) is 0 Å². The van der Waals surface area contributed by atoms with Crippen LogP contribution < -0.4 is 10.7 Å². The average molecular weight is 439 g/mol. The monoisotopic (exact) mass is 438 g/mol. The van der Waals surface area contributed by atoms with Gasteiger partial charge in [0.15, 0.2) is 12.4 Å². The van der Waals surface area contributed by atoms with E-state index < -0.39 is 0 Å². The zero-order valence-electron chi connectivity index (χ0n) is 21.3. The quantitative estimate of drug-likeness (QED) is 0.514. The summed E-state index contributed by atoms with van der Waals surface area (Å²) in [5, 5.41) is 0. The second kappa shape index (κ2) is 14.3. The molecule has 0 aliphatic heterocycles. The first-order valence-corrected chi connectivity index (χ1v) is 11.1. The molecule has 5 nitrogen and oxygen atoms in total. The number of pyridine rings is 3. The van der Waals surface area contributed by atoms with E-state index in [0.717, 1.165) is 11.3 Å². The molecule has 0 fully saturated rings. The zero-order chi connectivity index (χ0) is 23.6. The Bertz CT molecular complexity index is 887. The number of anilines is 1. The van der Waals surface area contributed by atoms with Gasteiger partial charge in [-0.05, 0) is 72.4 Å². The van der Waals surface area contributed by atoms with Crippen molar-refractivity contribution in [1.29, 1.82) is 0 Å². The molecule has 3 aromatic heterocycles. The number of hydrogen-bond acceptors (Lipinski definition) is 4. The van der Waals surface area contributed by atoms with Gasteiger partial charge in [-0.2, -0.15) is 0 Å². The smallest absolute Gasteiger partial charge is 0.170 e. The molecule has 0 aliphatic carbocycles. The highest BCUT2D eigenvalue weighted by Crippen LogP contribution is 2.21. The number of hydrogen-bond donors (Lipinski definition) is 1. The third kappa shape index (κ3) is 9.15. The van der Waals surface area contributed by atoms with Gasteiger partial charge in [-0.3, -0.25) is 9.97 Å². The van der Waals surface area contributed by atoms with Crippen LogP contribution in [0.5, 0.6) is 0 Å². The van der Waals surface area contributed by atoms with E-state index in [1.54, 1.807) is 6.20 Å². The molecule has 0 aromatic carbocycles. The molecule has 0 spiro atoms. The van der Waals surface area contributed by atoms with Crippen LogP contribution in [0.3, 0.4) is 0 Å². The van der Waals surface area contributed by atoms with Crippen molar-refractivity contribution in [1.82, 2.24) is 9.97 Å². The SMILES string of the molecule is Cc1c(N)cncc1C(C)C.Cc1cc[nH+]cc1C(C)C.Cc1ccncc1C(C)C.[OH-]. The molecule has 32 heavy (non-hydrogen) atoms. The lowest BCUT2D eigenvalue weighted by Gasteiger charge is -2.09. The van der Waals surface area contributed by atoms with Crippen LogP contribution >= 0.6 is 0 Å². The summed E-state index contributed by atoms with van der Waals surface area (Å²) in [7, 11) is 0. The molecule has 4 N–H and O–H groups in total. The molecule has 0 saturated heterocycles. The molecule has 0 saturated carbocycles. The normalized spacial score (nSPS) is 10.1. The van der Waals surface area contributed by atoms with E-state index in [1.807, 2.05) is 31.7 Å². The summed E-state index contributed by atoms with van der Waals surface area (Å²) in [4.78, 5) is 11.2. The highest BCUT2D eigenvalue weighted by atomic mass is 16.0.